The van der Waals surface area contributed by atoms with Crippen molar-refractivity contribution in [3.8, 4) is 0 Å². The van der Waals surface area contributed by atoms with Crippen molar-refractivity contribution in [2.24, 2.45) is 0 Å². The molecule has 0 aliphatic carbocycles. The molecule has 0 saturated heterocycles. The van der Waals surface area contributed by atoms with E-state index < -0.39 is 12.1 Å². The Hall–Kier alpha value is -3.15. The zero-order valence-electron chi connectivity index (χ0n) is 14.9. The molecule has 1 unspecified atom stereocenters. The highest BCUT2D eigenvalue weighted by molar-refractivity contribution is 6.01. The first-order valence-corrected chi connectivity index (χ1v) is 8.32. The minimum atomic E-state index is -0.899. The third-order valence-corrected chi connectivity index (χ3v) is 4.18. The predicted molar refractivity (Wildman–Crippen MR) is 95.2 cm³/mol. The van der Waals surface area contributed by atoms with Crippen molar-refractivity contribution in [1.29, 1.82) is 0 Å². The Kier molecular flexibility index (Phi) is 5.02. The molecule has 1 atom stereocenters. The normalized spacial score (nSPS) is 12.0. The Bertz CT molecular complexity index is 925. The topological polar surface area (TPSA) is 74.3 Å². The molecular weight excluding hydrogens is 332 g/mol. The molecule has 0 aliphatic rings. The minimum absolute atomic E-state index is 0.0619. The van der Waals surface area contributed by atoms with Gasteiger partial charge in [-0.1, -0.05) is 12.1 Å². The quantitative estimate of drug-likeness (QED) is 0.501. The fourth-order valence-electron chi connectivity index (χ4n) is 2.53. The summed E-state index contributed by atoms with van der Waals surface area (Å²) in [6, 6.07) is 10.5. The molecule has 0 N–H and O–H groups in total. The fourth-order valence-corrected chi connectivity index (χ4v) is 2.53. The maximum Gasteiger partial charge on any atom is 0.374 e. The highest BCUT2D eigenvalue weighted by Crippen LogP contribution is 2.15. The van der Waals surface area contributed by atoms with E-state index in [9.17, 15) is 9.59 Å². The molecule has 134 valence electrons. The van der Waals surface area contributed by atoms with Crippen molar-refractivity contribution in [1.82, 2.24) is 9.78 Å². The van der Waals surface area contributed by atoms with Gasteiger partial charge in [-0.3, -0.25) is 9.48 Å². The molecule has 6 nitrogen and oxygen atoms in total. The summed E-state index contributed by atoms with van der Waals surface area (Å²) in [7, 11) is 0. The van der Waals surface area contributed by atoms with E-state index in [2.05, 4.69) is 5.10 Å². The van der Waals surface area contributed by atoms with Crippen molar-refractivity contribution < 1.29 is 18.7 Å². The van der Waals surface area contributed by atoms with Crippen LogP contribution in [-0.2, 0) is 11.3 Å². The lowest BCUT2D eigenvalue weighted by Crippen LogP contribution is -2.24. The number of ketones is 1. The molecule has 0 amide bonds. The van der Waals surface area contributed by atoms with Gasteiger partial charge in [0, 0.05) is 18.0 Å². The Morgan fingerprint density at radius 1 is 1.19 bits per heavy atom. The number of carbonyl (C=O) groups excluding carboxylic acids is 2. The molecule has 0 spiro atoms. The van der Waals surface area contributed by atoms with E-state index in [1.807, 2.05) is 19.9 Å². The molecule has 3 aromatic rings. The van der Waals surface area contributed by atoms with E-state index in [0.717, 1.165) is 11.1 Å². The molecule has 3 rings (SSSR count). The van der Waals surface area contributed by atoms with Crippen LogP contribution < -0.4 is 0 Å². The van der Waals surface area contributed by atoms with Crippen molar-refractivity contribution in [3.05, 3.63) is 77.0 Å². The number of rotatable bonds is 6. The third kappa shape index (κ3) is 3.91. The third-order valence-electron chi connectivity index (χ3n) is 4.18. The lowest BCUT2D eigenvalue weighted by Gasteiger charge is -2.12. The van der Waals surface area contributed by atoms with Crippen LogP contribution in [0.4, 0.5) is 0 Å². The van der Waals surface area contributed by atoms with E-state index in [1.165, 1.54) is 6.07 Å². The first kappa shape index (κ1) is 17.7. The number of hydrogen-bond acceptors (Lipinski definition) is 5. The number of carbonyl (C=O) groups is 2. The van der Waals surface area contributed by atoms with Gasteiger partial charge in [0.2, 0.25) is 11.5 Å². The van der Waals surface area contributed by atoms with Crippen LogP contribution in [0.1, 0.15) is 44.7 Å². The van der Waals surface area contributed by atoms with Gasteiger partial charge in [-0.05, 0) is 56.2 Å². The van der Waals surface area contributed by atoms with Gasteiger partial charge in [-0.2, -0.15) is 5.10 Å². The molecule has 0 radical (unpaired) electrons. The Morgan fingerprint density at radius 2 is 2.00 bits per heavy atom. The number of Topliss-reactive ketones (excluding diaryl/α,β-unsaturated/α-hetero) is 1. The van der Waals surface area contributed by atoms with E-state index in [0.29, 0.717) is 17.9 Å². The largest absolute Gasteiger partial charge is 0.452 e. The van der Waals surface area contributed by atoms with Gasteiger partial charge in [-0.25, -0.2) is 4.79 Å². The summed E-state index contributed by atoms with van der Waals surface area (Å²) in [6.07, 6.45) is 2.56. The van der Waals surface area contributed by atoms with Crippen molar-refractivity contribution >= 4 is 11.8 Å². The van der Waals surface area contributed by atoms with Crippen molar-refractivity contribution in [2.45, 2.75) is 33.4 Å². The summed E-state index contributed by atoms with van der Waals surface area (Å²) in [6.45, 7) is 5.89. The number of furan rings is 1. The average Bonchev–Trinajstić information content (AvgIpc) is 3.29. The van der Waals surface area contributed by atoms with Crippen LogP contribution in [0.5, 0.6) is 0 Å². The molecule has 2 aromatic heterocycles. The van der Waals surface area contributed by atoms with E-state index in [1.54, 1.807) is 48.3 Å². The zero-order chi connectivity index (χ0) is 18.7. The second-order valence-corrected chi connectivity index (χ2v) is 6.18. The number of ether oxygens (including phenoxy) is 1. The average molecular weight is 352 g/mol. The minimum Gasteiger partial charge on any atom is -0.452 e. The Labute approximate surface area is 151 Å². The van der Waals surface area contributed by atoms with Crippen molar-refractivity contribution in [2.75, 3.05) is 0 Å². The number of nitrogens with zero attached hydrogens (tertiary/aromatic N) is 2. The van der Waals surface area contributed by atoms with Gasteiger partial charge in [0.05, 0.1) is 6.54 Å². The van der Waals surface area contributed by atoms with Gasteiger partial charge in [0.15, 0.2) is 6.10 Å². The summed E-state index contributed by atoms with van der Waals surface area (Å²) in [5.74, 6) is -0.271. The lowest BCUT2D eigenvalue weighted by molar-refractivity contribution is 0.0287. The Morgan fingerprint density at radius 3 is 2.69 bits per heavy atom. The standard InChI is InChI=1S/C20H20N2O4/c1-13-5-6-16(11-14(13)2)19(23)15(3)25-20(24)18-8-7-17(26-18)12-22-10-4-9-21-22/h4-11,15H,12H2,1-3H3. The monoisotopic (exact) mass is 352 g/mol. The summed E-state index contributed by atoms with van der Waals surface area (Å²) in [5.41, 5.74) is 2.64. The second-order valence-electron chi connectivity index (χ2n) is 6.18. The molecule has 0 fully saturated rings. The van der Waals surface area contributed by atoms with Gasteiger partial charge in [0.25, 0.3) is 0 Å². The van der Waals surface area contributed by atoms with Gasteiger partial charge in [-0.15, -0.1) is 0 Å². The SMILES string of the molecule is Cc1ccc(C(=O)C(C)OC(=O)c2ccc(Cn3cccn3)o2)cc1C. The number of aromatic nitrogens is 2. The van der Waals surface area contributed by atoms with Gasteiger partial charge < -0.3 is 9.15 Å². The van der Waals surface area contributed by atoms with E-state index >= 15 is 0 Å². The van der Waals surface area contributed by atoms with Crippen LogP contribution in [0.15, 0.2) is 53.2 Å². The first-order valence-electron chi connectivity index (χ1n) is 8.32. The number of esters is 1. The van der Waals surface area contributed by atoms with Crippen LogP contribution in [0.2, 0.25) is 0 Å². The maximum atomic E-state index is 12.5. The summed E-state index contributed by atoms with van der Waals surface area (Å²) < 4.78 is 12.4. The second kappa shape index (κ2) is 7.39. The van der Waals surface area contributed by atoms with Crippen LogP contribution >= 0.6 is 0 Å². The summed E-state index contributed by atoms with van der Waals surface area (Å²) in [5, 5.41) is 4.08. The molecule has 0 saturated carbocycles. The predicted octanol–water partition coefficient (Wildman–Crippen LogP) is 3.57. The van der Waals surface area contributed by atoms with Crippen LogP contribution in [0.25, 0.3) is 0 Å². The highest BCUT2D eigenvalue weighted by atomic mass is 16.6. The molecule has 26 heavy (non-hydrogen) atoms. The molecular formula is C20H20N2O4. The number of aryl methyl sites for hydroxylation is 2. The molecule has 6 heteroatoms. The van der Waals surface area contributed by atoms with Crippen LogP contribution in [0.3, 0.4) is 0 Å². The molecule has 2 heterocycles. The molecule has 1 aromatic carbocycles. The van der Waals surface area contributed by atoms with Crippen LogP contribution in [-0.4, -0.2) is 27.6 Å². The van der Waals surface area contributed by atoms with Crippen molar-refractivity contribution in [3.63, 3.8) is 0 Å². The van der Waals surface area contributed by atoms with Crippen LogP contribution in [0, 0.1) is 13.8 Å². The number of hydrogen-bond donors (Lipinski definition) is 0. The van der Waals surface area contributed by atoms with Gasteiger partial charge >= 0.3 is 5.97 Å². The number of benzene rings is 1. The lowest BCUT2D eigenvalue weighted by atomic mass is 10.0. The molecule has 0 aliphatic heterocycles. The first-order chi connectivity index (χ1) is 12.4. The highest BCUT2D eigenvalue weighted by Gasteiger charge is 2.22. The van der Waals surface area contributed by atoms with E-state index in [4.69, 9.17) is 9.15 Å². The van der Waals surface area contributed by atoms with Gasteiger partial charge in [0.1, 0.15) is 5.76 Å². The summed E-state index contributed by atoms with van der Waals surface area (Å²) in [4.78, 5) is 24.7. The Balaban J connectivity index is 1.64. The smallest absolute Gasteiger partial charge is 0.374 e. The van der Waals surface area contributed by atoms with E-state index in [-0.39, 0.29) is 11.5 Å². The molecule has 0 bridgehead atoms. The zero-order valence-corrected chi connectivity index (χ0v) is 14.9. The summed E-state index contributed by atoms with van der Waals surface area (Å²) >= 11 is 0. The fraction of sp³-hybridized carbons (Fsp3) is 0.250. The maximum absolute atomic E-state index is 12.5.